The molecule has 2 aromatic rings. The van der Waals surface area contributed by atoms with Crippen LogP contribution in [0.3, 0.4) is 0 Å². The lowest BCUT2D eigenvalue weighted by Gasteiger charge is -2.23. The second-order valence-corrected chi connectivity index (χ2v) is 6.48. The Morgan fingerprint density at radius 2 is 1.83 bits per heavy atom. The summed E-state index contributed by atoms with van der Waals surface area (Å²) in [7, 11) is 6.37. The zero-order valence-electron chi connectivity index (χ0n) is 15.1. The molecule has 0 saturated heterocycles. The van der Waals surface area contributed by atoms with E-state index in [1.807, 2.05) is 30.3 Å². The predicted molar refractivity (Wildman–Crippen MR) is 99.0 cm³/mol. The van der Waals surface area contributed by atoms with E-state index in [-0.39, 0.29) is 0 Å². The normalized spacial score (nSPS) is 12.6. The zero-order valence-corrected chi connectivity index (χ0v) is 15.1. The summed E-state index contributed by atoms with van der Waals surface area (Å²) >= 11 is 0. The van der Waals surface area contributed by atoms with Crippen LogP contribution in [0.1, 0.15) is 13.3 Å². The fourth-order valence-electron chi connectivity index (χ4n) is 2.57. The molecule has 1 N–H and O–H groups in total. The van der Waals surface area contributed by atoms with E-state index in [4.69, 9.17) is 0 Å². The van der Waals surface area contributed by atoms with Gasteiger partial charge in [0.2, 0.25) is 0 Å². The Labute approximate surface area is 144 Å². The van der Waals surface area contributed by atoms with E-state index in [2.05, 4.69) is 58.4 Å². The summed E-state index contributed by atoms with van der Waals surface area (Å²) < 4.78 is 0. The van der Waals surface area contributed by atoms with Crippen molar-refractivity contribution in [2.45, 2.75) is 19.4 Å². The number of nitrogens with one attached hydrogen (secondary N) is 1. The molecule has 0 aliphatic heterocycles. The fourth-order valence-corrected chi connectivity index (χ4v) is 2.57. The number of nitrogens with zero attached hydrogens (tertiary/aromatic N) is 5. The molecule has 6 nitrogen and oxygen atoms in total. The molecule has 24 heavy (non-hydrogen) atoms. The largest absolute Gasteiger partial charge is 0.365 e. The molecular formula is C18H28N6. The molecule has 0 unspecified atom stereocenters. The van der Waals surface area contributed by atoms with Crippen LogP contribution >= 0.6 is 0 Å². The van der Waals surface area contributed by atoms with Gasteiger partial charge in [0, 0.05) is 18.8 Å². The van der Waals surface area contributed by atoms with Crippen molar-refractivity contribution in [1.29, 1.82) is 0 Å². The Balaban J connectivity index is 1.80. The zero-order chi connectivity index (χ0) is 17.4. The minimum absolute atomic E-state index is 0.310. The number of hydrogen-bond acceptors (Lipinski definition) is 6. The summed E-state index contributed by atoms with van der Waals surface area (Å²) in [5.41, 5.74) is 1.62. The molecular weight excluding hydrogens is 300 g/mol. The van der Waals surface area contributed by atoms with Crippen LogP contribution < -0.4 is 5.32 Å². The van der Waals surface area contributed by atoms with Crippen molar-refractivity contribution in [2.24, 2.45) is 0 Å². The van der Waals surface area contributed by atoms with E-state index in [9.17, 15) is 0 Å². The second kappa shape index (κ2) is 9.30. The summed E-state index contributed by atoms with van der Waals surface area (Å²) in [4.78, 5) is 8.85. The molecule has 0 fully saturated rings. The molecule has 0 aliphatic rings. The third kappa shape index (κ3) is 6.22. The van der Waals surface area contributed by atoms with Crippen molar-refractivity contribution in [1.82, 2.24) is 25.0 Å². The van der Waals surface area contributed by atoms with Crippen molar-refractivity contribution >= 4 is 5.82 Å². The van der Waals surface area contributed by atoms with E-state index in [1.54, 1.807) is 6.20 Å². The van der Waals surface area contributed by atoms with Gasteiger partial charge in [0.25, 0.3) is 0 Å². The Morgan fingerprint density at radius 1 is 1.00 bits per heavy atom. The Hall–Kier alpha value is -2.05. The maximum Gasteiger partial charge on any atom is 0.148 e. The Kier molecular flexibility index (Phi) is 7.08. The highest BCUT2D eigenvalue weighted by molar-refractivity contribution is 5.54. The summed E-state index contributed by atoms with van der Waals surface area (Å²) in [5.74, 6) is 0.795. The quantitative estimate of drug-likeness (QED) is 0.762. The molecule has 0 aliphatic carbocycles. The topological polar surface area (TPSA) is 57.2 Å². The van der Waals surface area contributed by atoms with Crippen LogP contribution in [0.15, 0.2) is 36.5 Å². The number of hydrogen-bond donors (Lipinski definition) is 1. The van der Waals surface area contributed by atoms with Gasteiger partial charge >= 0.3 is 0 Å². The van der Waals surface area contributed by atoms with E-state index >= 15 is 0 Å². The molecule has 0 bridgehead atoms. The summed E-state index contributed by atoms with van der Waals surface area (Å²) in [6.45, 7) is 5.34. The van der Waals surface area contributed by atoms with E-state index in [0.717, 1.165) is 36.8 Å². The highest BCUT2D eigenvalue weighted by Gasteiger charge is 2.08. The minimum atomic E-state index is 0.310. The lowest BCUT2D eigenvalue weighted by molar-refractivity contribution is 0.294. The fraction of sp³-hybridized carbons (Fsp3) is 0.500. The minimum Gasteiger partial charge on any atom is -0.365 e. The number of anilines is 1. The summed E-state index contributed by atoms with van der Waals surface area (Å²) in [5, 5.41) is 11.9. The number of rotatable bonds is 9. The number of pyridine rings is 1. The van der Waals surface area contributed by atoms with Crippen LogP contribution in [0.2, 0.25) is 0 Å². The Morgan fingerprint density at radius 3 is 2.46 bits per heavy atom. The highest BCUT2D eigenvalue weighted by atomic mass is 15.2. The van der Waals surface area contributed by atoms with Crippen molar-refractivity contribution in [3.05, 3.63) is 36.5 Å². The molecule has 130 valence electrons. The van der Waals surface area contributed by atoms with E-state index in [0.29, 0.717) is 6.04 Å². The maximum absolute atomic E-state index is 4.29. The first kappa shape index (κ1) is 18.3. The molecule has 2 heterocycles. The van der Waals surface area contributed by atoms with Gasteiger partial charge in [0.15, 0.2) is 0 Å². The maximum atomic E-state index is 4.29. The highest BCUT2D eigenvalue weighted by Crippen LogP contribution is 2.14. The molecule has 0 saturated carbocycles. The molecule has 0 spiro atoms. The standard InChI is InChI=1S/C18H28N6/c1-15(14-24(4)13-7-12-23(2)3)20-18-10-9-17(21-22-18)16-8-5-6-11-19-16/h5-6,8-11,15H,7,12-14H2,1-4H3,(H,20,22)/t15-/m0/s1. The van der Waals surface area contributed by atoms with Gasteiger partial charge in [-0.05, 0) is 71.8 Å². The lowest BCUT2D eigenvalue weighted by Crippen LogP contribution is -2.34. The number of aromatic nitrogens is 3. The van der Waals surface area contributed by atoms with E-state index in [1.165, 1.54) is 6.42 Å². The van der Waals surface area contributed by atoms with Crippen LogP contribution in [0.4, 0.5) is 5.82 Å². The van der Waals surface area contributed by atoms with Crippen LogP contribution in [-0.4, -0.2) is 71.8 Å². The third-order valence-corrected chi connectivity index (χ3v) is 3.72. The van der Waals surface area contributed by atoms with Gasteiger partial charge in [-0.3, -0.25) is 4.98 Å². The molecule has 0 amide bonds. The van der Waals surface area contributed by atoms with Crippen molar-refractivity contribution < 1.29 is 0 Å². The van der Waals surface area contributed by atoms with Crippen LogP contribution in [0.5, 0.6) is 0 Å². The first-order valence-corrected chi connectivity index (χ1v) is 8.39. The molecule has 2 aromatic heterocycles. The first-order chi connectivity index (χ1) is 11.5. The average Bonchev–Trinajstić information content (AvgIpc) is 2.56. The molecule has 0 aromatic carbocycles. The van der Waals surface area contributed by atoms with Gasteiger partial charge in [-0.1, -0.05) is 6.07 Å². The van der Waals surface area contributed by atoms with Gasteiger partial charge in [-0.15, -0.1) is 10.2 Å². The molecule has 6 heteroatoms. The van der Waals surface area contributed by atoms with E-state index < -0.39 is 0 Å². The predicted octanol–water partition coefficient (Wildman–Crippen LogP) is 2.22. The van der Waals surface area contributed by atoms with Gasteiger partial charge < -0.3 is 15.1 Å². The van der Waals surface area contributed by atoms with Crippen molar-refractivity contribution in [2.75, 3.05) is 46.1 Å². The molecule has 1 atom stereocenters. The average molecular weight is 328 g/mol. The third-order valence-electron chi connectivity index (χ3n) is 3.72. The summed E-state index contributed by atoms with van der Waals surface area (Å²) in [6.07, 6.45) is 2.94. The Bertz CT molecular complexity index is 584. The van der Waals surface area contributed by atoms with Gasteiger partial charge in [0.1, 0.15) is 11.5 Å². The van der Waals surface area contributed by atoms with Crippen molar-refractivity contribution in [3.63, 3.8) is 0 Å². The second-order valence-electron chi connectivity index (χ2n) is 6.48. The molecule has 0 radical (unpaired) electrons. The number of likely N-dealkylation sites (N-methyl/N-ethyl adjacent to an activating group) is 1. The van der Waals surface area contributed by atoms with Crippen molar-refractivity contribution in [3.8, 4) is 11.4 Å². The summed E-state index contributed by atoms with van der Waals surface area (Å²) in [6, 6.07) is 9.99. The van der Waals surface area contributed by atoms with Crippen LogP contribution in [0.25, 0.3) is 11.4 Å². The smallest absolute Gasteiger partial charge is 0.148 e. The molecule has 2 rings (SSSR count). The van der Waals surface area contributed by atoms with Gasteiger partial charge in [-0.25, -0.2) is 0 Å². The SMILES string of the molecule is C[C@@H](CN(C)CCCN(C)C)Nc1ccc(-c2ccccn2)nn1. The van der Waals surface area contributed by atoms with Crippen LogP contribution in [-0.2, 0) is 0 Å². The van der Waals surface area contributed by atoms with Gasteiger partial charge in [-0.2, -0.15) is 0 Å². The first-order valence-electron chi connectivity index (χ1n) is 8.39. The monoisotopic (exact) mass is 328 g/mol. The van der Waals surface area contributed by atoms with Crippen LogP contribution in [0, 0.1) is 0 Å². The van der Waals surface area contributed by atoms with Gasteiger partial charge in [0.05, 0.1) is 5.69 Å². The lowest BCUT2D eigenvalue weighted by atomic mass is 10.2.